The van der Waals surface area contributed by atoms with E-state index in [2.05, 4.69) is 5.32 Å². The molecule has 0 spiro atoms. The van der Waals surface area contributed by atoms with Gasteiger partial charge in [0.15, 0.2) is 0 Å². The third kappa shape index (κ3) is 4.20. The molecule has 2 amide bonds. The Morgan fingerprint density at radius 2 is 2.05 bits per heavy atom. The van der Waals surface area contributed by atoms with Crippen molar-refractivity contribution in [3.8, 4) is 0 Å². The van der Waals surface area contributed by atoms with E-state index in [1.165, 1.54) is 17.0 Å². The van der Waals surface area contributed by atoms with Crippen molar-refractivity contribution in [3.63, 3.8) is 0 Å². The van der Waals surface area contributed by atoms with Gasteiger partial charge in [0.1, 0.15) is 0 Å². The van der Waals surface area contributed by atoms with E-state index < -0.39 is 10.8 Å². The molecule has 1 aromatic carbocycles. The predicted molar refractivity (Wildman–Crippen MR) is 73.8 cm³/mol. The summed E-state index contributed by atoms with van der Waals surface area (Å²) >= 11 is 5.83. The minimum atomic E-state index is -0.608. The van der Waals surface area contributed by atoms with Gasteiger partial charge in [-0.05, 0) is 6.07 Å². The van der Waals surface area contributed by atoms with Crippen molar-refractivity contribution < 1.29 is 14.5 Å². The molecule has 0 aliphatic rings. The first kappa shape index (κ1) is 15.9. The lowest BCUT2D eigenvalue weighted by atomic mass is 10.2. The predicted octanol–water partition coefficient (Wildman–Crippen LogP) is 1.46. The molecular formula is C12H14ClN3O4. The van der Waals surface area contributed by atoms with Gasteiger partial charge in [-0.25, -0.2) is 0 Å². The van der Waals surface area contributed by atoms with Gasteiger partial charge in [0.25, 0.3) is 11.6 Å². The third-order valence-corrected chi connectivity index (χ3v) is 2.86. The zero-order valence-corrected chi connectivity index (χ0v) is 11.8. The number of nitro benzene ring substituents is 1. The van der Waals surface area contributed by atoms with Crippen LogP contribution in [-0.2, 0) is 4.79 Å². The minimum Gasteiger partial charge on any atom is -0.351 e. The lowest BCUT2D eigenvalue weighted by Crippen LogP contribution is -2.30. The molecule has 0 atom stereocenters. The highest BCUT2D eigenvalue weighted by molar-refractivity contribution is 6.33. The monoisotopic (exact) mass is 299 g/mol. The lowest BCUT2D eigenvalue weighted by Gasteiger charge is -2.10. The second kappa shape index (κ2) is 6.85. The number of hydrogen-bond acceptors (Lipinski definition) is 4. The highest BCUT2D eigenvalue weighted by Crippen LogP contribution is 2.21. The quantitative estimate of drug-likeness (QED) is 0.658. The van der Waals surface area contributed by atoms with Gasteiger partial charge in [0.05, 0.1) is 15.5 Å². The maximum Gasteiger partial charge on any atom is 0.270 e. The van der Waals surface area contributed by atoms with Crippen LogP contribution >= 0.6 is 11.6 Å². The molecule has 1 aromatic rings. The van der Waals surface area contributed by atoms with Crippen LogP contribution in [0.2, 0.25) is 5.02 Å². The van der Waals surface area contributed by atoms with Gasteiger partial charge in [0, 0.05) is 39.2 Å². The first-order chi connectivity index (χ1) is 9.32. The van der Waals surface area contributed by atoms with E-state index in [-0.39, 0.29) is 35.1 Å². The molecule has 0 saturated heterocycles. The van der Waals surface area contributed by atoms with Crippen molar-refractivity contribution in [1.29, 1.82) is 0 Å². The smallest absolute Gasteiger partial charge is 0.270 e. The number of halogens is 1. The fraction of sp³-hybridized carbons (Fsp3) is 0.333. The minimum absolute atomic E-state index is 0.0122. The van der Waals surface area contributed by atoms with Gasteiger partial charge in [0.2, 0.25) is 5.91 Å². The highest BCUT2D eigenvalue weighted by atomic mass is 35.5. The average Bonchev–Trinajstić information content (AvgIpc) is 2.38. The van der Waals surface area contributed by atoms with Crippen LogP contribution in [-0.4, -0.2) is 42.3 Å². The molecule has 8 heteroatoms. The first-order valence-electron chi connectivity index (χ1n) is 5.75. The molecular weight excluding hydrogens is 286 g/mol. The number of carbonyl (C=O) groups excluding carboxylic acids is 2. The van der Waals surface area contributed by atoms with Gasteiger partial charge in [-0.15, -0.1) is 0 Å². The Morgan fingerprint density at radius 3 is 2.60 bits per heavy atom. The summed E-state index contributed by atoms with van der Waals surface area (Å²) in [4.78, 5) is 34.6. The van der Waals surface area contributed by atoms with Crippen molar-refractivity contribution in [2.75, 3.05) is 20.6 Å². The summed E-state index contributed by atoms with van der Waals surface area (Å²) in [6.07, 6.45) is 0.144. The Morgan fingerprint density at radius 1 is 1.40 bits per heavy atom. The molecule has 20 heavy (non-hydrogen) atoms. The second-order valence-electron chi connectivity index (χ2n) is 4.22. The molecule has 0 bridgehead atoms. The summed E-state index contributed by atoms with van der Waals surface area (Å²) < 4.78 is 0. The fourth-order valence-corrected chi connectivity index (χ4v) is 1.61. The lowest BCUT2D eigenvalue weighted by molar-refractivity contribution is -0.384. The molecule has 7 nitrogen and oxygen atoms in total. The Balaban J connectivity index is 2.70. The molecule has 0 aliphatic carbocycles. The Kier molecular flexibility index (Phi) is 5.45. The van der Waals surface area contributed by atoms with Crippen LogP contribution in [0.25, 0.3) is 0 Å². The van der Waals surface area contributed by atoms with E-state index in [1.807, 2.05) is 0 Å². The summed E-state index contributed by atoms with van der Waals surface area (Å²) in [6.45, 7) is 0.134. The summed E-state index contributed by atoms with van der Waals surface area (Å²) in [5, 5.41) is 13.3. The van der Waals surface area contributed by atoms with Crippen LogP contribution in [0.5, 0.6) is 0 Å². The topological polar surface area (TPSA) is 92.6 Å². The van der Waals surface area contributed by atoms with E-state index in [1.54, 1.807) is 14.1 Å². The van der Waals surface area contributed by atoms with Crippen LogP contribution < -0.4 is 5.32 Å². The average molecular weight is 300 g/mol. The molecule has 0 radical (unpaired) electrons. The molecule has 0 aromatic heterocycles. The number of nitrogens with one attached hydrogen (secondary N) is 1. The Hall–Kier alpha value is -2.15. The number of amides is 2. The number of hydrogen-bond donors (Lipinski definition) is 1. The molecule has 0 saturated carbocycles. The molecule has 0 fully saturated rings. The summed E-state index contributed by atoms with van der Waals surface area (Å²) in [5.41, 5.74) is -0.206. The zero-order valence-electron chi connectivity index (χ0n) is 11.1. The van der Waals surface area contributed by atoms with Crippen LogP contribution in [0, 0.1) is 10.1 Å². The van der Waals surface area contributed by atoms with Gasteiger partial charge in [-0.3, -0.25) is 19.7 Å². The van der Waals surface area contributed by atoms with E-state index in [0.29, 0.717) is 0 Å². The van der Waals surface area contributed by atoms with Crippen molar-refractivity contribution in [1.82, 2.24) is 10.2 Å². The van der Waals surface area contributed by atoms with Crippen LogP contribution in [0.1, 0.15) is 16.8 Å². The Bertz CT molecular complexity index is 546. The Labute approximate surface area is 120 Å². The SMILES string of the molecule is CN(C)C(=O)CCNC(=O)c1cc([N+](=O)[O-])ccc1Cl. The van der Waals surface area contributed by atoms with Gasteiger partial charge in [-0.1, -0.05) is 11.6 Å². The van der Waals surface area contributed by atoms with E-state index in [9.17, 15) is 19.7 Å². The third-order valence-electron chi connectivity index (χ3n) is 2.53. The van der Waals surface area contributed by atoms with Gasteiger partial charge >= 0.3 is 0 Å². The maximum atomic E-state index is 11.8. The van der Waals surface area contributed by atoms with Crippen LogP contribution in [0.3, 0.4) is 0 Å². The molecule has 1 N–H and O–H groups in total. The first-order valence-corrected chi connectivity index (χ1v) is 6.13. The number of rotatable bonds is 5. The highest BCUT2D eigenvalue weighted by Gasteiger charge is 2.15. The maximum absolute atomic E-state index is 11.8. The molecule has 0 heterocycles. The zero-order chi connectivity index (χ0) is 15.3. The van der Waals surface area contributed by atoms with Gasteiger partial charge in [-0.2, -0.15) is 0 Å². The molecule has 108 valence electrons. The second-order valence-corrected chi connectivity index (χ2v) is 4.62. The summed E-state index contributed by atoms with van der Waals surface area (Å²) in [5.74, 6) is -0.680. The largest absolute Gasteiger partial charge is 0.351 e. The standard InChI is InChI=1S/C12H14ClN3O4/c1-15(2)11(17)5-6-14-12(18)9-7-8(16(19)20)3-4-10(9)13/h3-4,7H,5-6H2,1-2H3,(H,14,18). The fourth-order valence-electron chi connectivity index (χ4n) is 1.40. The normalized spacial score (nSPS) is 9.95. The summed E-state index contributed by atoms with van der Waals surface area (Å²) in [6, 6.07) is 3.61. The molecule has 0 aliphatic heterocycles. The number of benzene rings is 1. The van der Waals surface area contributed by atoms with E-state index in [4.69, 9.17) is 11.6 Å². The van der Waals surface area contributed by atoms with E-state index >= 15 is 0 Å². The van der Waals surface area contributed by atoms with Crippen LogP contribution in [0.15, 0.2) is 18.2 Å². The number of carbonyl (C=O) groups is 2. The van der Waals surface area contributed by atoms with E-state index in [0.717, 1.165) is 6.07 Å². The number of nitro groups is 1. The number of non-ortho nitro benzene ring substituents is 1. The molecule has 0 unspecified atom stereocenters. The molecule has 1 rings (SSSR count). The van der Waals surface area contributed by atoms with Crippen molar-refractivity contribution in [3.05, 3.63) is 38.9 Å². The van der Waals surface area contributed by atoms with Gasteiger partial charge < -0.3 is 10.2 Å². The summed E-state index contributed by atoms with van der Waals surface area (Å²) in [7, 11) is 3.23. The van der Waals surface area contributed by atoms with Crippen molar-refractivity contribution in [2.45, 2.75) is 6.42 Å². The van der Waals surface area contributed by atoms with Crippen LogP contribution in [0.4, 0.5) is 5.69 Å². The van der Waals surface area contributed by atoms with Crippen molar-refractivity contribution in [2.24, 2.45) is 0 Å². The number of nitrogens with zero attached hydrogens (tertiary/aromatic N) is 2. The van der Waals surface area contributed by atoms with Crippen molar-refractivity contribution >= 4 is 29.1 Å².